The molecule has 1 aromatic carbocycles. The van der Waals surface area contributed by atoms with Crippen molar-refractivity contribution in [3.63, 3.8) is 0 Å². The smallest absolute Gasteiger partial charge is 0.0804 e. The molecule has 1 aromatic rings. The Morgan fingerprint density at radius 2 is 1.43 bits per heavy atom. The van der Waals surface area contributed by atoms with E-state index in [9.17, 15) is 0 Å². The Labute approximate surface area is 175 Å². The molecule has 2 rings (SSSR count). The van der Waals surface area contributed by atoms with E-state index in [1.807, 2.05) is 0 Å². The fraction of sp³-hybridized carbons (Fsp3) is 0.778. The summed E-state index contributed by atoms with van der Waals surface area (Å²) in [7, 11) is 0. The average molecular weight is 387 g/mol. The second-order valence-electron chi connectivity index (χ2n) is 11.2. The van der Waals surface area contributed by atoms with Gasteiger partial charge in [0.2, 0.25) is 0 Å². The molecular formula is C27H46O. The van der Waals surface area contributed by atoms with Gasteiger partial charge >= 0.3 is 0 Å². The van der Waals surface area contributed by atoms with Crippen LogP contribution in [-0.2, 0) is 4.74 Å². The van der Waals surface area contributed by atoms with Crippen molar-refractivity contribution in [3.8, 4) is 0 Å². The van der Waals surface area contributed by atoms with Crippen molar-refractivity contribution < 1.29 is 4.74 Å². The van der Waals surface area contributed by atoms with Gasteiger partial charge in [0.05, 0.1) is 11.7 Å². The number of hydrogen-bond donors (Lipinski definition) is 0. The highest BCUT2D eigenvalue weighted by Crippen LogP contribution is 2.45. The molecule has 0 radical (unpaired) electrons. The summed E-state index contributed by atoms with van der Waals surface area (Å²) in [6, 6.07) is 9.39. The molecule has 1 aliphatic rings. The van der Waals surface area contributed by atoms with Gasteiger partial charge in [-0.15, -0.1) is 0 Å². The Morgan fingerprint density at radius 1 is 0.893 bits per heavy atom. The zero-order valence-electron chi connectivity index (χ0n) is 20.0. The molecule has 0 N–H and O–H groups in total. The van der Waals surface area contributed by atoms with Crippen molar-refractivity contribution in [2.45, 2.75) is 124 Å². The average Bonchev–Trinajstić information content (AvgIpc) is 2.66. The minimum absolute atomic E-state index is 0.107. The fourth-order valence-corrected chi connectivity index (χ4v) is 4.81. The highest BCUT2D eigenvalue weighted by Gasteiger charge is 2.34. The number of rotatable bonds is 8. The molecule has 1 nitrogen and oxygen atoms in total. The van der Waals surface area contributed by atoms with E-state index in [0.29, 0.717) is 11.3 Å². The molecule has 0 saturated heterocycles. The lowest BCUT2D eigenvalue weighted by atomic mass is 9.68. The molecule has 0 amide bonds. The molecule has 0 bridgehead atoms. The highest BCUT2D eigenvalue weighted by molar-refractivity contribution is 5.28. The standard InChI is InChI=1S/C27H46O/c1-9-26(7,8)20-24(25(4,5)6)23-16-14-22(15-17-23)21(3)28-27(10-2)18-12-11-13-19-27/h14-17,21,24H,9-13,18-20H2,1-8H3. The summed E-state index contributed by atoms with van der Waals surface area (Å²) in [5, 5.41) is 0. The van der Waals surface area contributed by atoms with Crippen molar-refractivity contribution >= 4 is 0 Å². The fourth-order valence-electron chi connectivity index (χ4n) is 4.81. The van der Waals surface area contributed by atoms with E-state index in [1.165, 1.54) is 56.1 Å². The highest BCUT2D eigenvalue weighted by atomic mass is 16.5. The Balaban J connectivity index is 2.15. The first-order valence-corrected chi connectivity index (χ1v) is 11.8. The summed E-state index contributed by atoms with van der Waals surface area (Å²) in [6.45, 7) is 18.8. The minimum atomic E-state index is 0.107. The quantitative estimate of drug-likeness (QED) is 0.433. The zero-order chi connectivity index (χ0) is 21.0. The van der Waals surface area contributed by atoms with Crippen LogP contribution in [0.15, 0.2) is 24.3 Å². The van der Waals surface area contributed by atoms with E-state index in [-0.39, 0.29) is 17.1 Å². The molecule has 28 heavy (non-hydrogen) atoms. The van der Waals surface area contributed by atoms with Crippen LogP contribution in [0, 0.1) is 10.8 Å². The molecule has 1 fully saturated rings. The van der Waals surface area contributed by atoms with Gasteiger partial charge in [0.1, 0.15) is 0 Å². The summed E-state index contributed by atoms with van der Waals surface area (Å²) in [4.78, 5) is 0. The van der Waals surface area contributed by atoms with Gasteiger partial charge in [0, 0.05) is 0 Å². The summed E-state index contributed by atoms with van der Waals surface area (Å²) in [6.07, 6.45) is 10.2. The van der Waals surface area contributed by atoms with Crippen molar-refractivity contribution in [1.29, 1.82) is 0 Å². The molecule has 0 heterocycles. The van der Waals surface area contributed by atoms with E-state index in [1.54, 1.807) is 0 Å². The summed E-state index contributed by atoms with van der Waals surface area (Å²) < 4.78 is 6.68. The maximum Gasteiger partial charge on any atom is 0.0804 e. The Morgan fingerprint density at radius 3 is 1.89 bits per heavy atom. The molecule has 2 unspecified atom stereocenters. The third-order valence-corrected chi connectivity index (χ3v) is 7.40. The van der Waals surface area contributed by atoms with Gasteiger partial charge in [-0.2, -0.15) is 0 Å². The predicted molar refractivity (Wildman–Crippen MR) is 123 cm³/mol. The van der Waals surface area contributed by atoms with Crippen LogP contribution in [0.25, 0.3) is 0 Å². The van der Waals surface area contributed by atoms with Crippen LogP contribution in [-0.4, -0.2) is 5.60 Å². The van der Waals surface area contributed by atoms with E-state index in [2.05, 4.69) is 79.7 Å². The predicted octanol–water partition coefficient (Wildman–Crippen LogP) is 8.83. The number of benzene rings is 1. The molecule has 0 aliphatic heterocycles. The van der Waals surface area contributed by atoms with E-state index in [4.69, 9.17) is 4.74 Å². The van der Waals surface area contributed by atoms with Gasteiger partial charge in [0.15, 0.2) is 0 Å². The normalized spacial score (nSPS) is 20.0. The maximum atomic E-state index is 6.68. The van der Waals surface area contributed by atoms with Gasteiger partial charge in [-0.3, -0.25) is 0 Å². The summed E-state index contributed by atoms with van der Waals surface area (Å²) in [5.74, 6) is 0.577. The third kappa shape index (κ3) is 6.09. The SMILES string of the molecule is CCC(C)(C)CC(c1ccc(C(C)OC2(CC)CCCCC2)cc1)C(C)(C)C. The summed E-state index contributed by atoms with van der Waals surface area (Å²) >= 11 is 0. The molecule has 2 atom stereocenters. The molecule has 1 aliphatic carbocycles. The van der Waals surface area contributed by atoms with Crippen molar-refractivity contribution in [2.24, 2.45) is 10.8 Å². The molecule has 1 saturated carbocycles. The van der Waals surface area contributed by atoms with E-state index < -0.39 is 0 Å². The van der Waals surface area contributed by atoms with Crippen LogP contribution in [0.3, 0.4) is 0 Å². The topological polar surface area (TPSA) is 9.23 Å². The number of hydrogen-bond acceptors (Lipinski definition) is 1. The van der Waals surface area contributed by atoms with Crippen LogP contribution < -0.4 is 0 Å². The molecule has 1 heteroatoms. The molecule has 160 valence electrons. The van der Waals surface area contributed by atoms with Gasteiger partial charge in [0.25, 0.3) is 0 Å². The first-order valence-electron chi connectivity index (χ1n) is 11.8. The van der Waals surface area contributed by atoms with Gasteiger partial charge < -0.3 is 4.74 Å². The Bertz CT molecular complexity index is 584. The molecule has 0 aromatic heterocycles. The minimum Gasteiger partial charge on any atom is -0.367 e. The van der Waals surface area contributed by atoms with Crippen LogP contribution in [0.4, 0.5) is 0 Å². The van der Waals surface area contributed by atoms with Gasteiger partial charge in [-0.25, -0.2) is 0 Å². The van der Waals surface area contributed by atoms with Crippen molar-refractivity contribution in [1.82, 2.24) is 0 Å². The second kappa shape index (κ2) is 9.33. The first-order chi connectivity index (χ1) is 13.0. The van der Waals surface area contributed by atoms with Gasteiger partial charge in [-0.1, -0.05) is 98.4 Å². The Kier molecular flexibility index (Phi) is 7.82. The third-order valence-electron chi connectivity index (χ3n) is 7.40. The van der Waals surface area contributed by atoms with Crippen molar-refractivity contribution in [2.75, 3.05) is 0 Å². The lowest BCUT2D eigenvalue weighted by molar-refractivity contribution is -0.112. The second-order valence-corrected chi connectivity index (χ2v) is 11.2. The lowest BCUT2D eigenvalue weighted by Crippen LogP contribution is -2.35. The van der Waals surface area contributed by atoms with E-state index in [0.717, 1.165) is 6.42 Å². The zero-order valence-corrected chi connectivity index (χ0v) is 20.0. The summed E-state index contributed by atoms with van der Waals surface area (Å²) in [5.41, 5.74) is 3.55. The van der Waals surface area contributed by atoms with Crippen LogP contribution in [0.5, 0.6) is 0 Å². The maximum absolute atomic E-state index is 6.68. The Hall–Kier alpha value is -0.820. The largest absolute Gasteiger partial charge is 0.367 e. The monoisotopic (exact) mass is 386 g/mol. The molecular weight excluding hydrogens is 340 g/mol. The van der Waals surface area contributed by atoms with Crippen molar-refractivity contribution in [3.05, 3.63) is 35.4 Å². The van der Waals surface area contributed by atoms with Crippen LogP contribution in [0.1, 0.15) is 130 Å². The lowest BCUT2D eigenvalue weighted by Gasteiger charge is -2.39. The van der Waals surface area contributed by atoms with Crippen LogP contribution >= 0.6 is 0 Å². The van der Waals surface area contributed by atoms with Crippen LogP contribution in [0.2, 0.25) is 0 Å². The number of ether oxygens (including phenoxy) is 1. The van der Waals surface area contributed by atoms with Gasteiger partial charge in [-0.05, 0) is 60.5 Å². The first kappa shape index (κ1) is 23.5. The molecule has 0 spiro atoms. The van der Waals surface area contributed by atoms with E-state index >= 15 is 0 Å².